The number of unbranched alkanes of at least 4 members (excludes halogenated alkanes) is 1. The van der Waals surface area contributed by atoms with Gasteiger partial charge in [-0.25, -0.2) is 0 Å². The SMILES string of the molecule is CCCCOS(=O)(=O)c1ccc(C)cc1-c1c[nH]c2ccc(Cl)cc12. The lowest BCUT2D eigenvalue weighted by molar-refractivity contribution is 0.311. The molecule has 0 aliphatic carbocycles. The van der Waals surface area contributed by atoms with Crippen molar-refractivity contribution in [3.63, 3.8) is 0 Å². The minimum Gasteiger partial charge on any atom is -0.361 e. The Morgan fingerprint density at radius 3 is 2.68 bits per heavy atom. The molecule has 3 rings (SSSR count). The lowest BCUT2D eigenvalue weighted by Crippen LogP contribution is -2.09. The topological polar surface area (TPSA) is 59.2 Å². The lowest BCUT2D eigenvalue weighted by Gasteiger charge is -2.11. The van der Waals surface area contributed by atoms with Crippen molar-refractivity contribution in [1.82, 2.24) is 4.98 Å². The third-order valence-corrected chi connectivity index (χ3v) is 5.68. The van der Waals surface area contributed by atoms with Crippen molar-refractivity contribution in [2.45, 2.75) is 31.6 Å². The summed E-state index contributed by atoms with van der Waals surface area (Å²) in [7, 11) is -3.83. The lowest BCUT2D eigenvalue weighted by atomic mass is 10.0. The molecular weight excluding hydrogens is 358 g/mol. The average molecular weight is 378 g/mol. The van der Waals surface area contributed by atoms with E-state index in [-0.39, 0.29) is 11.5 Å². The van der Waals surface area contributed by atoms with Crippen LogP contribution in [0.5, 0.6) is 0 Å². The molecule has 0 fully saturated rings. The molecule has 6 heteroatoms. The number of rotatable bonds is 6. The predicted octanol–water partition coefficient (Wildman–Crippen LogP) is 5.30. The second kappa shape index (κ2) is 7.20. The zero-order chi connectivity index (χ0) is 18.0. The number of benzene rings is 2. The minimum atomic E-state index is -3.83. The van der Waals surface area contributed by atoms with Gasteiger partial charge in [-0.15, -0.1) is 0 Å². The summed E-state index contributed by atoms with van der Waals surface area (Å²) in [6.45, 7) is 4.11. The molecule has 3 aromatic rings. The van der Waals surface area contributed by atoms with Gasteiger partial charge in [0.15, 0.2) is 0 Å². The molecule has 0 unspecified atom stereocenters. The second-order valence-electron chi connectivity index (χ2n) is 6.02. The number of aromatic amines is 1. The van der Waals surface area contributed by atoms with Gasteiger partial charge in [0, 0.05) is 33.2 Å². The van der Waals surface area contributed by atoms with E-state index in [0.29, 0.717) is 17.0 Å². The highest BCUT2D eigenvalue weighted by molar-refractivity contribution is 7.87. The quantitative estimate of drug-likeness (QED) is 0.468. The van der Waals surface area contributed by atoms with Crippen LogP contribution in [0.15, 0.2) is 47.5 Å². The molecule has 0 atom stereocenters. The van der Waals surface area contributed by atoms with E-state index in [1.54, 1.807) is 24.4 Å². The molecule has 0 spiro atoms. The summed E-state index contributed by atoms with van der Waals surface area (Å²) in [5.74, 6) is 0. The van der Waals surface area contributed by atoms with Gasteiger partial charge >= 0.3 is 0 Å². The van der Waals surface area contributed by atoms with Crippen molar-refractivity contribution in [2.24, 2.45) is 0 Å². The van der Waals surface area contributed by atoms with Crippen molar-refractivity contribution in [3.05, 3.63) is 53.2 Å². The van der Waals surface area contributed by atoms with Gasteiger partial charge in [-0.3, -0.25) is 4.18 Å². The molecule has 0 amide bonds. The summed E-state index contributed by atoms with van der Waals surface area (Å²) in [6.07, 6.45) is 3.38. The third kappa shape index (κ3) is 3.73. The van der Waals surface area contributed by atoms with Crippen LogP contribution in [-0.4, -0.2) is 20.0 Å². The Kier molecular flexibility index (Phi) is 5.18. The van der Waals surface area contributed by atoms with E-state index >= 15 is 0 Å². The highest BCUT2D eigenvalue weighted by Crippen LogP contribution is 2.35. The molecule has 1 heterocycles. The molecule has 0 saturated carbocycles. The number of hydrogen-bond acceptors (Lipinski definition) is 3. The van der Waals surface area contributed by atoms with Crippen LogP contribution in [0.3, 0.4) is 0 Å². The summed E-state index contributed by atoms with van der Waals surface area (Å²) in [5, 5.41) is 1.48. The summed E-state index contributed by atoms with van der Waals surface area (Å²) in [4.78, 5) is 3.35. The Morgan fingerprint density at radius 2 is 1.92 bits per heavy atom. The molecule has 0 aliphatic rings. The number of aryl methyl sites for hydroxylation is 1. The van der Waals surface area contributed by atoms with Crippen LogP contribution in [0.1, 0.15) is 25.3 Å². The zero-order valence-corrected chi connectivity index (χ0v) is 15.7. The standard InChI is InChI=1S/C19H20ClNO3S/c1-3-4-9-24-25(22,23)19-8-5-13(2)10-16(19)17-12-21-18-7-6-14(20)11-15(17)18/h5-8,10-12,21H,3-4,9H2,1-2H3. The van der Waals surface area contributed by atoms with Gasteiger partial charge in [0.05, 0.1) is 6.61 Å². The van der Waals surface area contributed by atoms with Crippen LogP contribution < -0.4 is 0 Å². The van der Waals surface area contributed by atoms with Gasteiger partial charge in [-0.2, -0.15) is 8.42 Å². The number of H-pyrrole nitrogens is 1. The number of halogens is 1. The molecule has 2 aromatic carbocycles. The highest BCUT2D eigenvalue weighted by atomic mass is 35.5. The summed E-state index contributed by atoms with van der Waals surface area (Å²) in [6, 6.07) is 10.8. The highest BCUT2D eigenvalue weighted by Gasteiger charge is 2.22. The first kappa shape index (κ1) is 18.0. The van der Waals surface area contributed by atoms with Crippen molar-refractivity contribution in [3.8, 4) is 11.1 Å². The van der Waals surface area contributed by atoms with E-state index in [9.17, 15) is 8.42 Å². The summed E-state index contributed by atoms with van der Waals surface area (Å²) in [5.41, 5.74) is 3.28. The van der Waals surface area contributed by atoms with Gasteiger partial charge in [-0.05, 0) is 43.7 Å². The first-order valence-electron chi connectivity index (χ1n) is 8.19. The summed E-state index contributed by atoms with van der Waals surface area (Å²) >= 11 is 6.12. The van der Waals surface area contributed by atoms with Crippen LogP contribution >= 0.6 is 11.6 Å². The van der Waals surface area contributed by atoms with E-state index in [0.717, 1.165) is 28.5 Å². The monoisotopic (exact) mass is 377 g/mol. The molecule has 0 aliphatic heterocycles. The van der Waals surface area contributed by atoms with Gasteiger partial charge < -0.3 is 4.98 Å². The third-order valence-electron chi connectivity index (χ3n) is 4.07. The Hall–Kier alpha value is -1.82. The maximum atomic E-state index is 12.7. The normalized spacial score (nSPS) is 12.0. The molecule has 0 radical (unpaired) electrons. The van der Waals surface area contributed by atoms with Crippen molar-refractivity contribution in [2.75, 3.05) is 6.61 Å². The molecule has 132 valence electrons. The minimum absolute atomic E-state index is 0.176. The Bertz CT molecular complexity index is 1010. The number of hydrogen-bond donors (Lipinski definition) is 1. The van der Waals surface area contributed by atoms with Crippen LogP contribution in [0.25, 0.3) is 22.0 Å². The Labute approximate surface area is 152 Å². The van der Waals surface area contributed by atoms with E-state index in [2.05, 4.69) is 4.98 Å². The molecule has 25 heavy (non-hydrogen) atoms. The van der Waals surface area contributed by atoms with Crippen LogP contribution in [0.2, 0.25) is 5.02 Å². The maximum Gasteiger partial charge on any atom is 0.297 e. The maximum absolute atomic E-state index is 12.7. The van der Waals surface area contributed by atoms with E-state index in [1.165, 1.54) is 0 Å². The molecule has 4 nitrogen and oxygen atoms in total. The average Bonchev–Trinajstić information content (AvgIpc) is 2.97. The number of aromatic nitrogens is 1. The number of fused-ring (bicyclic) bond motifs is 1. The van der Waals surface area contributed by atoms with Gasteiger partial charge in [-0.1, -0.05) is 36.6 Å². The van der Waals surface area contributed by atoms with E-state index in [1.807, 2.05) is 32.0 Å². The zero-order valence-electron chi connectivity index (χ0n) is 14.2. The predicted molar refractivity (Wildman–Crippen MR) is 102 cm³/mol. The molecule has 1 N–H and O–H groups in total. The first-order valence-corrected chi connectivity index (χ1v) is 9.98. The fourth-order valence-corrected chi connectivity index (χ4v) is 4.07. The molecule has 0 bridgehead atoms. The van der Waals surface area contributed by atoms with Crippen molar-refractivity contribution >= 4 is 32.6 Å². The molecular formula is C19H20ClNO3S. The van der Waals surface area contributed by atoms with E-state index < -0.39 is 10.1 Å². The fourth-order valence-electron chi connectivity index (χ4n) is 2.76. The Balaban J connectivity index is 2.15. The van der Waals surface area contributed by atoms with E-state index in [4.69, 9.17) is 15.8 Å². The van der Waals surface area contributed by atoms with Crippen LogP contribution in [0.4, 0.5) is 0 Å². The van der Waals surface area contributed by atoms with Crippen molar-refractivity contribution < 1.29 is 12.6 Å². The van der Waals surface area contributed by atoms with Gasteiger partial charge in [0.1, 0.15) is 4.90 Å². The van der Waals surface area contributed by atoms with Gasteiger partial charge in [0.2, 0.25) is 0 Å². The van der Waals surface area contributed by atoms with Crippen LogP contribution in [-0.2, 0) is 14.3 Å². The smallest absolute Gasteiger partial charge is 0.297 e. The fraction of sp³-hybridized carbons (Fsp3) is 0.263. The van der Waals surface area contributed by atoms with Crippen molar-refractivity contribution in [1.29, 1.82) is 0 Å². The first-order chi connectivity index (χ1) is 11.9. The molecule has 0 saturated heterocycles. The largest absolute Gasteiger partial charge is 0.361 e. The summed E-state index contributed by atoms with van der Waals surface area (Å²) < 4.78 is 30.6. The number of nitrogens with one attached hydrogen (secondary N) is 1. The second-order valence-corrected chi connectivity index (χ2v) is 8.04. The van der Waals surface area contributed by atoms with Crippen LogP contribution in [0, 0.1) is 6.92 Å². The van der Waals surface area contributed by atoms with Gasteiger partial charge in [0.25, 0.3) is 10.1 Å². The Morgan fingerprint density at radius 1 is 1.12 bits per heavy atom. The molecule has 1 aromatic heterocycles.